The Morgan fingerprint density at radius 2 is 2.04 bits per heavy atom. The van der Waals surface area contributed by atoms with Crippen molar-refractivity contribution >= 4 is 5.91 Å². The van der Waals surface area contributed by atoms with E-state index in [0.29, 0.717) is 11.6 Å². The molecule has 0 spiro atoms. The molecular weight excluding hydrogens is 288 g/mol. The van der Waals surface area contributed by atoms with Gasteiger partial charge < -0.3 is 10.6 Å². The predicted octanol–water partition coefficient (Wildman–Crippen LogP) is 2.36. The summed E-state index contributed by atoms with van der Waals surface area (Å²) in [5.74, 6) is 0.00372. The van der Waals surface area contributed by atoms with Crippen LogP contribution in [0.2, 0.25) is 0 Å². The van der Waals surface area contributed by atoms with Gasteiger partial charge in [-0.25, -0.2) is 4.68 Å². The summed E-state index contributed by atoms with van der Waals surface area (Å²) in [6.07, 6.45) is 1.97. The van der Waals surface area contributed by atoms with Crippen LogP contribution in [0.5, 0.6) is 0 Å². The van der Waals surface area contributed by atoms with Gasteiger partial charge in [-0.3, -0.25) is 4.79 Å². The fourth-order valence-electron chi connectivity index (χ4n) is 3.18. The largest absolute Gasteiger partial charge is 0.349 e. The van der Waals surface area contributed by atoms with E-state index >= 15 is 0 Å². The topological polar surface area (TPSA) is 59.0 Å². The van der Waals surface area contributed by atoms with Crippen LogP contribution in [-0.4, -0.2) is 34.3 Å². The lowest BCUT2D eigenvalue weighted by atomic mass is 10.0. The minimum atomic E-state index is 0.00372. The fraction of sp³-hybridized carbons (Fsp3) is 0.444. The molecule has 0 radical (unpaired) electrons. The molecule has 1 amide bonds. The standard InChI is InChI=1S/C18H24N4O/c1-12-11-16(8-9-19-12)20-18(23)15-4-6-17(7-5-15)22-14(3)10-13(2)21-22/h4-7,10,12,16,19H,8-9,11H2,1-3H3,(H,20,23). The highest BCUT2D eigenvalue weighted by Crippen LogP contribution is 2.14. The van der Waals surface area contributed by atoms with Crippen molar-refractivity contribution in [3.8, 4) is 5.69 Å². The third-order valence-electron chi connectivity index (χ3n) is 4.34. The van der Waals surface area contributed by atoms with E-state index in [9.17, 15) is 4.79 Å². The van der Waals surface area contributed by atoms with Crippen LogP contribution in [0.1, 0.15) is 41.5 Å². The third-order valence-corrected chi connectivity index (χ3v) is 4.34. The average Bonchev–Trinajstić information content (AvgIpc) is 2.86. The Hall–Kier alpha value is -2.14. The molecule has 1 aliphatic heterocycles. The Balaban J connectivity index is 1.69. The zero-order valence-corrected chi connectivity index (χ0v) is 14.0. The van der Waals surface area contributed by atoms with E-state index < -0.39 is 0 Å². The summed E-state index contributed by atoms with van der Waals surface area (Å²) in [5, 5.41) is 11.0. The number of nitrogens with one attached hydrogen (secondary N) is 2. The number of amides is 1. The summed E-state index contributed by atoms with van der Waals surface area (Å²) in [6, 6.07) is 10.4. The Morgan fingerprint density at radius 3 is 2.65 bits per heavy atom. The molecule has 0 aliphatic carbocycles. The number of hydrogen-bond acceptors (Lipinski definition) is 3. The van der Waals surface area contributed by atoms with Gasteiger partial charge in [0.1, 0.15) is 0 Å². The Morgan fingerprint density at radius 1 is 1.30 bits per heavy atom. The summed E-state index contributed by atoms with van der Waals surface area (Å²) >= 11 is 0. The van der Waals surface area contributed by atoms with Crippen molar-refractivity contribution in [2.45, 2.75) is 45.7 Å². The second-order valence-corrected chi connectivity index (χ2v) is 6.44. The van der Waals surface area contributed by atoms with Crippen molar-refractivity contribution < 1.29 is 4.79 Å². The van der Waals surface area contributed by atoms with Gasteiger partial charge in [0.25, 0.3) is 5.91 Å². The molecule has 1 saturated heterocycles. The van der Waals surface area contributed by atoms with Crippen molar-refractivity contribution in [3.63, 3.8) is 0 Å². The Bertz CT molecular complexity index is 690. The Kier molecular flexibility index (Phi) is 4.48. The molecule has 2 aromatic rings. The number of carbonyl (C=O) groups is 1. The molecule has 1 aromatic heterocycles. The highest BCUT2D eigenvalue weighted by Gasteiger charge is 2.20. The van der Waals surface area contributed by atoms with Crippen molar-refractivity contribution in [2.75, 3.05) is 6.54 Å². The molecule has 2 N–H and O–H groups in total. The van der Waals surface area contributed by atoms with Gasteiger partial charge in [0.15, 0.2) is 0 Å². The van der Waals surface area contributed by atoms with Gasteiger partial charge in [-0.15, -0.1) is 0 Å². The number of hydrogen-bond donors (Lipinski definition) is 2. The van der Waals surface area contributed by atoms with Gasteiger partial charge in [-0.1, -0.05) is 0 Å². The number of rotatable bonds is 3. The van der Waals surface area contributed by atoms with Gasteiger partial charge in [0.2, 0.25) is 0 Å². The molecule has 2 atom stereocenters. The molecule has 5 nitrogen and oxygen atoms in total. The first-order valence-electron chi connectivity index (χ1n) is 8.21. The number of piperidine rings is 1. The first kappa shape index (κ1) is 15.7. The van der Waals surface area contributed by atoms with Crippen LogP contribution in [0, 0.1) is 13.8 Å². The molecule has 23 heavy (non-hydrogen) atoms. The molecule has 2 unspecified atom stereocenters. The summed E-state index contributed by atoms with van der Waals surface area (Å²) < 4.78 is 1.89. The van der Waals surface area contributed by atoms with E-state index in [4.69, 9.17) is 0 Å². The summed E-state index contributed by atoms with van der Waals surface area (Å²) in [7, 11) is 0. The van der Waals surface area contributed by atoms with Crippen molar-refractivity contribution in [3.05, 3.63) is 47.3 Å². The van der Waals surface area contributed by atoms with Gasteiger partial charge in [0.05, 0.1) is 11.4 Å². The maximum Gasteiger partial charge on any atom is 0.251 e. The highest BCUT2D eigenvalue weighted by atomic mass is 16.1. The smallest absolute Gasteiger partial charge is 0.251 e. The highest BCUT2D eigenvalue weighted by molar-refractivity contribution is 5.94. The number of nitrogens with zero attached hydrogens (tertiary/aromatic N) is 2. The molecule has 1 fully saturated rings. The van der Waals surface area contributed by atoms with E-state index in [1.165, 1.54) is 0 Å². The van der Waals surface area contributed by atoms with E-state index in [1.807, 2.05) is 48.9 Å². The van der Waals surface area contributed by atoms with E-state index in [2.05, 4.69) is 22.7 Å². The van der Waals surface area contributed by atoms with Crippen LogP contribution in [0.15, 0.2) is 30.3 Å². The quantitative estimate of drug-likeness (QED) is 0.915. The Labute approximate surface area is 137 Å². The molecule has 2 heterocycles. The molecular formula is C18H24N4O. The van der Waals surface area contributed by atoms with Crippen molar-refractivity contribution in [1.29, 1.82) is 0 Å². The van der Waals surface area contributed by atoms with Crippen LogP contribution < -0.4 is 10.6 Å². The van der Waals surface area contributed by atoms with Crippen molar-refractivity contribution in [2.24, 2.45) is 0 Å². The van der Waals surface area contributed by atoms with E-state index in [1.54, 1.807) is 0 Å². The van der Waals surface area contributed by atoms with E-state index in [-0.39, 0.29) is 11.9 Å². The van der Waals surface area contributed by atoms with Gasteiger partial charge in [-0.2, -0.15) is 5.10 Å². The zero-order valence-electron chi connectivity index (χ0n) is 14.0. The van der Waals surface area contributed by atoms with Crippen LogP contribution in [0.3, 0.4) is 0 Å². The summed E-state index contributed by atoms with van der Waals surface area (Å²) in [5.41, 5.74) is 3.75. The maximum atomic E-state index is 12.4. The minimum absolute atomic E-state index is 0.00372. The van der Waals surface area contributed by atoms with Crippen LogP contribution in [0.25, 0.3) is 5.69 Å². The molecule has 0 bridgehead atoms. The van der Waals surface area contributed by atoms with Crippen molar-refractivity contribution in [1.82, 2.24) is 20.4 Å². The molecule has 122 valence electrons. The number of benzene rings is 1. The lowest BCUT2D eigenvalue weighted by Gasteiger charge is -2.28. The van der Waals surface area contributed by atoms with Gasteiger partial charge in [0, 0.05) is 23.3 Å². The molecule has 3 rings (SSSR count). The molecule has 5 heteroatoms. The second-order valence-electron chi connectivity index (χ2n) is 6.44. The van der Waals surface area contributed by atoms with Crippen LogP contribution in [-0.2, 0) is 0 Å². The first-order chi connectivity index (χ1) is 11.0. The van der Waals surface area contributed by atoms with Gasteiger partial charge >= 0.3 is 0 Å². The van der Waals surface area contributed by atoms with Gasteiger partial charge in [-0.05, 0) is 70.5 Å². The third kappa shape index (κ3) is 3.62. The predicted molar refractivity (Wildman–Crippen MR) is 91.0 cm³/mol. The second kappa shape index (κ2) is 6.54. The summed E-state index contributed by atoms with van der Waals surface area (Å²) in [4.78, 5) is 12.4. The number of aromatic nitrogens is 2. The molecule has 1 aromatic carbocycles. The lowest BCUT2D eigenvalue weighted by Crippen LogP contribution is -2.46. The average molecular weight is 312 g/mol. The molecule has 0 saturated carbocycles. The summed E-state index contributed by atoms with van der Waals surface area (Å²) in [6.45, 7) is 7.12. The monoisotopic (exact) mass is 312 g/mol. The lowest BCUT2D eigenvalue weighted by molar-refractivity contribution is 0.0925. The normalized spacial score (nSPS) is 21.2. The SMILES string of the molecule is Cc1cc(C)n(-c2ccc(C(=O)NC3CCNC(C)C3)cc2)n1. The van der Waals surface area contributed by atoms with E-state index in [0.717, 1.165) is 36.5 Å². The number of aryl methyl sites for hydroxylation is 2. The van der Waals surface area contributed by atoms with Crippen LogP contribution in [0.4, 0.5) is 0 Å². The van der Waals surface area contributed by atoms with Crippen LogP contribution >= 0.6 is 0 Å². The molecule has 1 aliphatic rings. The zero-order chi connectivity index (χ0) is 16.4. The minimum Gasteiger partial charge on any atom is -0.349 e. The maximum absolute atomic E-state index is 12.4. The first-order valence-corrected chi connectivity index (χ1v) is 8.21. The fourth-order valence-corrected chi connectivity index (χ4v) is 3.18. The number of carbonyl (C=O) groups excluding carboxylic acids is 1.